The van der Waals surface area contributed by atoms with Gasteiger partial charge in [0.15, 0.2) is 0 Å². The van der Waals surface area contributed by atoms with Gasteiger partial charge in [0.2, 0.25) is 39.6 Å². The largest absolute Gasteiger partial charge is 0.384 e. The van der Waals surface area contributed by atoms with Gasteiger partial charge in [-0.2, -0.15) is 0 Å². The van der Waals surface area contributed by atoms with Crippen LogP contribution in [-0.2, 0) is 40.5 Å². The van der Waals surface area contributed by atoms with Crippen LogP contribution in [0.25, 0.3) is 11.1 Å². The summed E-state index contributed by atoms with van der Waals surface area (Å²) in [6, 6.07) is 20.3. The van der Waals surface area contributed by atoms with E-state index in [0.29, 0.717) is 38.2 Å². The molecule has 65 heavy (non-hydrogen) atoms. The first kappa shape index (κ1) is 47.3. The number of imide groups is 2. The van der Waals surface area contributed by atoms with Crippen molar-refractivity contribution in [1.82, 2.24) is 35.8 Å². The molecule has 4 heterocycles. The number of nitrogens with one attached hydrogen (secondary N) is 6. The number of hydrogen-bond acceptors (Lipinski definition) is 12. The molecule has 4 unspecified atom stereocenters. The Hall–Kier alpha value is -5.63. The number of carbonyl (C=O) groups excluding carboxylic acids is 7. The highest BCUT2D eigenvalue weighted by Crippen LogP contribution is 2.33. The van der Waals surface area contributed by atoms with Crippen molar-refractivity contribution in [3.05, 3.63) is 89.0 Å². The Labute approximate surface area is 383 Å². The van der Waals surface area contributed by atoms with Crippen molar-refractivity contribution in [2.24, 2.45) is 5.92 Å². The fourth-order valence-corrected chi connectivity index (χ4v) is 10.6. The van der Waals surface area contributed by atoms with Crippen molar-refractivity contribution in [2.45, 2.75) is 88.3 Å². The van der Waals surface area contributed by atoms with Crippen LogP contribution < -0.4 is 31.9 Å². The number of rotatable bonds is 20. The Bertz CT molecular complexity index is 2430. The number of amides is 7. The average molecular weight is 929 g/mol. The fourth-order valence-electron chi connectivity index (χ4n) is 8.59. The molecule has 3 aromatic carbocycles. The summed E-state index contributed by atoms with van der Waals surface area (Å²) in [6.07, 6.45) is 7.69. The number of nitrogens with zero attached hydrogens (tertiary/aromatic N) is 2. The molecule has 0 aromatic heterocycles. The van der Waals surface area contributed by atoms with Crippen LogP contribution in [0.5, 0.6) is 0 Å². The number of carbonyl (C=O) groups is 7. The molecule has 4 atom stereocenters. The molecule has 3 aromatic rings. The van der Waals surface area contributed by atoms with Gasteiger partial charge in [-0.3, -0.25) is 49.1 Å². The molecule has 7 amide bonds. The molecule has 17 nitrogen and oxygen atoms in total. The quantitative estimate of drug-likeness (QED) is 0.0708. The number of fused-ring (bicyclic) bond motifs is 1. The van der Waals surface area contributed by atoms with Crippen molar-refractivity contribution in [1.29, 1.82) is 0 Å². The molecule has 0 bridgehead atoms. The number of unbranched alkanes of at least 4 members (excludes halogenated alkanes) is 5. The molecule has 0 saturated carbocycles. The zero-order valence-corrected chi connectivity index (χ0v) is 38.0. The Morgan fingerprint density at radius 2 is 1.57 bits per heavy atom. The van der Waals surface area contributed by atoms with Gasteiger partial charge in [0.25, 0.3) is 11.8 Å². The number of thioether (sulfide) groups is 1. The second-order valence-electron chi connectivity index (χ2n) is 16.9. The first-order valence-corrected chi connectivity index (χ1v) is 25.1. The Morgan fingerprint density at radius 1 is 0.831 bits per heavy atom. The van der Waals surface area contributed by atoms with Crippen LogP contribution >= 0.6 is 11.8 Å². The molecule has 346 valence electrons. The standard InChI is InChI=1S/C46H56N8O9S2/c1-65(62,63)53-22-20-33(27-53)42(58)49-26-40(57)52-46-50-36(28-64-46)32-14-9-13-31(24-32)30-12-8-11-29(23-30)25-48-38(55)17-6-4-2-3-5-7-21-47-35-16-10-15-34-41(35)45(61)54(44(34)60)37-18-19-39(56)51-43(37)59/h8-16,23-24,33,36-37,46-47,50H,2-7,17-22,25-28H2,1H3,(H,48,55)(H,49,58)(H,52,57)(H,51,56,59). The zero-order chi connectivity index (χ0) is 46.1. The third kappa shape index (κ3) is 12.2. The van der Waals surface area contributed by atoms with E-state index in [1.807, 2.05) is 36.4 Å². The maximum absolute atomic E-state index is 13.3. The van der Waals surface area contributed by atoms with E-state index < -0.39 is 45.6 Å². The maximum Gasteiger partial charge on any atom is 0.264 e. The molecule has 0 radical (unpaired) electrons. The molecular weight excluding hydrogens is 873 g/mol. The molecule has 19 heteroatoms. The van der Waals surface area contributed by atoms with Crippen LogP contribution in [0.1, 0.15) is 102 Å². The smallest absolute Gasteiger partial charge is 0.264 e. The van der Waals surface area contributed by atoms with Crippen molar-refractivity contribution < 1.29 is 42.0 Å². The summed E-state index contributed by atoms with van der Waals surface area (Å²) in [6.45, 7) is 1.25. The lowest BCUT2D eigenvalue weighted by molar-refractivity contribution is -0.136. The minimum atomic E-state index is -3.36. The molecule has 3 saturated heterocycles. The van der Waals surface area contributed by atoms with Gasteiger partial charge >= 0.3 is 0 Å². The van der Waals surface area contributed by atoms with Gasteiger partial charge < -0.3 is 21.3 Å². The van der Waals surface area contributed by atoms with Crippen LogP contribution in [0.15, 0.2) is 66.7 Å². The van der Waals surface area contributed by atoms with Crippen molar-refractivity contribution in [3.8, 4) is 11.1 Å². The third-order valence-corrected chi connectivity index (χ3v) is 14.5. The average Bonchev–Trinajstić information content (AvgIpc) is 4.04. The van der Waals surface area contributed by atoms with Crippen LogP contribution in [0.2, 0.25) is 0 Å². The summed E-state index contributed by atoms with van der Waals surface area (Å²) < 4.78 is 24.8. The van der Waals surface area contributed by atoms with Crippen LogP contribution in [0.3, 0.4) is 0 Å². The highest BCUT2D eigenvalue weighted by molar-refractivity contribution is 8.00. The normalized spacial score (nSPS) is 21.0. The molecular formula is C46H56N8O9S2. The van der Waals surface area contributed by atoms with E-state index in [1.165, 1.54) is 4.31 Å². The number of piperidine rings is 1. The van der Waals surface area contributed by atoms with Gasteiger partial charge in [0, 0.05) is 56.5 Å². The van der Waals surface area contributed by atoms with Gasteiger partial charge in [-0.1, -0.05) is 68.1 Å². The number of hydrogen-bond donors (Lipinski definition) is 6. The second kappa shape index (κ2) is 21.6. The highest BCUT2D eigenvalue weighted by atomic mass is 32.2. The fraction of sp³-hybridized carbons (Fsp3) is 0.457. The lowest BCUT2D eigenvalue weighted by Gasteiger charge is -2.27. The molecule has 7 rings (SSSR count). The Morgan fingerprint density at radius 3 is 2.34 bits per heavy atom. The molecule has 4 aliphatic heterocycles. The lowest BCUT2D eigenvalue weighted by Crippen LogP contribution is -2.54. The predicted molar refractivity (Wildman–Crippen MR) is 245 cm³/mol. The number of benzene rings is 3. The van der Waals surface area contributed by atoms with Crippen LogP contribution in [0, 0.1) is 5.92 Å². The molecule has 0 aliphatic carbocycles. The topological polar surface area (TPSA) is 232 Å². The summed E-state index contributed by atoms with van der Waals surface area (Å²) in [5, 5.41) is 17.6. The van der Waals surface area contributed by atoms with Crippen LogP contribution in [0.4, 0.5) is 5.69 Å². The molecule has 3 fully saturated rings. The van der Waals surface area contributed by atoms with E-state index in [1.54, 1.807) is 30.0 Å². The van der Waals surface area contributed by atoms with E-state index in [4.69, 9.17) is 0 Å². The monoisotopic (exact) mass is 928 g/mol. The maximum atomic E-state index is 13.3. The Kier molecular flexibility index (Phi) is 15.7. The predicted octanol–water partition coefficient (Wildman–Crippen LogP) is 3.39. The van der Waals surface area contributed by atoms with E-state index in [0.717, 1.165) is 77.7 Å². The van der Waals surface area contributed by atoms with E-state index in [2.05, 4.69) is 44.0 Å². The summed E-state index contributed by atoms with van der Waals surface area (Å²) in [5.41, 5.74) is 4.83. The van der Waals surface area contributed by atoms with E-state index in [-0.39, 0.29) is 66.3 Å². The third-order valence-electron chi connectivity index (χ3n) is 12.1. The molecule has 4 aliphatic rings. The summed E-state index contributed by atoms with van der Waals surface area (Å²) in [5.74, 6) is -2.51. The van der Waals surface area contributed by atoms with Crippen molar-refractivity contribution in [3.63, 3.8) is 0 Å². The zero-order valence-electron chi connectivity index (χ0n) is 36.4. The van der Waals surface area contributed by atoms with Crippen LogP contribution in [-0.4, -0.2) is 109 Å². The second-order valence-corrected chi connectivity index (χ2v) is 20.0. The first-order chi connectivity index (χ1) is 31.2. The SMILES string of the molecule is CS(=O)(=O)N1CCC(C(=O)NCC(=O)NC2NC(c3cccc(-c4cccc(CNC(=O)CCCCCCCCNc5cccc6c5C(=O)N(C5CCC(=O)NC5=O)C6=O)c4)c3)CS2)C1. The summed E-state index contributed by atoms with van der Waals surface area (Å²) in [4.78, 5) is 89.3. The Balaban J connectivity index is 0.762. The van der Waals surface area contributed by atoms with Crippen molar-refractivity contribution >= 4 is 68.8 Å². The van der Waals surface area contributed by atoms with E-state index in [9.17, 15) is 42.0 Å². The molecule has 0 spiro atoms. The van der Waals surface area contributed by atoms with Gasteiger partial charge in [-0.15, -0.1) is 11.8 Å². The van der Waals surface area contributed by atoms with E-state index >= 15 is 0 Å². The first-order valence-electron chi connectivity index (χ1n) is 22.2. The number of anilines is 1. The van der Waals surface area contributed by atoms with Gasteiger partial charge in [-0.05, 0) is 72.2 Å². The summed E-state index contributed by atoms with van der Waals surface area (Å²) >= 11 is 1.56. The highest BCUT2D eigenvalue weighted by Gasteiger charge is 2.45. The lowest BCUT2D eigenvalue weighted by atomic mass is 9.98. The van der Waals surface area contributed by atoms with Gasteiger partial charge in [0.1, 0.15) is 11.5 Å². The van der Waals surface area contributed by atoms with Crippen molar-refractivity contribution in [2.75, 3.05) is 43.5 Å². The minimum Gasteiger partial charge on any atom is -0.384 e. The summed E-state index contributed by atoms with van der Waals surface area (Å²) in [7, 11) is -3.36. The minimum absolute atomic E-state index is 0.00443. The van der Waals surface area contributed by atoms with Gasteiger partial charge in [0.05, 0.1) is 29.8 Å². The molecule has 6 N–H and O–H groups in total. The van der Waals surface area contributed by atoms with Gasteiger partial charge in [-0.25, -0.2) is 12.7 Å². The number of sulfonamides is 1.